The highest BCUT2D eigenvalue weighted by Gasteiger charge is 2.04. The molecule has 0 aliphatic heterocycles. The van der Waals surface area contributed by atoms with E-state index >= 15 is 0 Å². The molecule has 0 spiro atoms. The Bertz CT molecular complexity index is 174. The number of nitrogens with one attached hydrogen (secondary N) is 1. The molecule has 0 aliphatic rings. The van der Waals surface area contributed by atoms with Crippen LogP contribution in [0, 0.1) is 0 Å². The van der Waals surface area contributed by atoms with Gasteiger partial charge < -0.3 is 10.1 Å². The molecule has 0 saturated heterocycles. The molecule has 76 valence electrons. The number of ether oxygens (including phenoxy) is 1. The van der Waals surface area contributed by atoms with Crippen LogP contribution in [-0.2, 0) is 9.53 Å². The van der Waals surface area contributed by atoms with Gasteiger partial charge in [0.05, 0.1) is 12.2 Å². The first-order valence-electron chi connectivity index (χ1n) is 4.43. The summed E-state index contributed by atoms with van der Waals surface area (Å²) in [6.45, 7) is 9.62. The number of carbonyl (C=O) groups excluding carboxylic acids is 1. The van der Waals surface area contributed by atoms with Crippen LogP contribution in [0.3, 0.4) is 0 Å². The average Bonchev–Trinajstić information content (AvgIpc) is 2.17. The van der Waals surface area contributed by atoms with Gasteiger partial charge in [-0.05, 0) is 6.92 Å². The number of hydrogen-bond acceptors (Lipinski definition) is 3. The van der Waals surface area contributed by atoms with E-state index in [1.165, 1.54) is 6.08 Å². The van der Waals surface area contributed by atoms with Crippen molar-refractivity contribution >= 4 is 5.97 Å². The van der Waals surface area contributed by atoms with Crippen LogP contribution in [0.2, 0.25) is 0 Å². The Hall–Kier alpha value is -1.25. The van der Waals surface area contributed by atoms with Gasteiger partial charge in [-0.2, -0.15) is 0 Å². The average molecular weight is 185 g/mol. The second-order valence-corrected chi connectivity index (χ2v) is 1.81. The molecule has 0 fully saturated rings. The van der Waals surface area contributed by atoms with Crippen molar-refractivity contribution < 1.29 is 9.53 Å². The van der Waals surface area contributed by atoms with Gasteiger partial charge in [-0.15, -0.1) is 0 Å². The zero-order valence-corrected chi connectivity index (χ0v) is 8.89. The van der Waals surface area contributed by atoms with Gasteiger partial charge in [0.25, 0.3) is 0 Å². The van der Waals surface area contributed by atoms with E-state index in [1.807, 2.05) is 13.8 Å². The first-order valence-corrected chi connectivity index (χ1v) is 4.43. The van der Waals surface area contributed by atoms with Gasteiger partial charge in [-0.3, -0.25) is 0 Å². The standard InChI is InChI=1S/C8H13NO2.C2H6/c1-4-7(6-9-3)8(10)11-5-2;1-2/h4,6,9H,1,5H2,2-3H3;1-2H3/b7-6+;. The minimum Gasteiger partial charge on any atom is -0.462 e. The lowest BCUT2D eigenvalue weighted by atomic mass is 10.3. The zero-order chi connectivity index (χ0) is 10.7. The number of carbonyl (C=O) groups is 1. The molecule has 13 heavy (non-hydrogen) atoms. The fourth-order valence-corrected chi connectivity index (χ4v) is 0.571. The van der Waals surface area contributed by atoms with Gasteiger partial charge in [0.15, 0.2) is 0 Å². The quantitative estimate of drug-likeness (QED) is 0.413. The highest BCUT2D eigenvalue weighted by Crippen LogP contribution is 1.96. The van der Waals surface area contributed by atoms with Gasteiger partial charge in [0.2, 0.25) is 0 Å². The molecule has 0 bridgehead atoms. The van der Waals surface area contributed by atoms with E-state index in [-0.39, 0.29) is 5.97 Å². The fourth-order valence-electron chi connectivity index (χ4n) is 0.571. The van der Waals surface area contributed by atoms with Crippen molar-refractivity contribution in [3.8, 4) is 0 Å². The predicted octanol–water partition coefficient (Wildman–Crippen LogP) is 1.86. The Morgan fingerprint density at radius 2 is 2.08 bits per heavy atom. The Morgan fingerprint density at radius 3 is 2.38 bits per heavy atom. The van der Waals surface area contributed by atoms with E-state index in [0.717, 1.165) is 0 Å². The van der Waals surface area contributed by atoms with Crippen molar-refractivity contribution in [1.29, 1.82) is 0 Å². The first-order chi connectivity index (χ1) is 6.26. The normalized spacial score (nSPS) is 9.38. The zero-order valence-electron chi connectivity index (χ0n) is 8.89. The topological polar surface area (TPSA) is 38.3 Å². The largest absolute Gasteiger partial charge is 0.462 e. The molecule has 0 saturated carbocycles. The van der Waals surface area contributed by atoms with Crippen molar-refractivity contribution in [2.75, 3.05) is 13.7 Å². The third kappa shape index (κ3) is 7.12. The Balaban J connectivity index is 0. The van der Waals surface area contributed by atoms with Gasteiger partial charge in [-0.1, -0.05) is 26.5 Å². The molecule has 0 atom stereocenters. The summed E-state index contributed by atoms with van der Waals surface area (Å²) >= 11 is 0. The van der Waals surface area contributed by atoms with Crippen LogP contribution in [-0.4, -0.2) is 19.6 Å². The van der Waals surface area contributed by atoms with Gasteiger partial charge in [-0.25, -0.2) is 4.79 Å². The molecule has 0 amide bonds. The minimum atomic E-state index is -0.350. The van der Waals surface area contributed by atoms with Crippen molar-refractivity contribution in [2.45, 2.75) is 20.8 Å². The van der Waals surface area contributed by atoms with Crippen LogP contribution in [0.1, 0.15) is 20.8 Å². The van der Waals surface area contributed by atoms with Crippen molar-refractivity contribution in [1.82, 2.24) is 5.32 Å². The van der Waals surface area contributed by atoms with Crippen LogP contribution in [0.25, 0.3) is 0 Å². The summed E-state index contributed by atoms with van der Waals surface area (Å²) in [6.07, 6.45) is 3.00. The second-order valence-electron chi connectivity index (χ2n) is 1.81. The first kappa shape index (κ1) is 14.3. The third-order valence-corrected chi connectivity index (χ3v) is 1.03. The van der Waals surface area contributed by atoms with E-state index in [9.17, 15) is 4.79 Å². The molecule has 0 aromatic carbocycles. The maximum atomic E-state index is 11.0. The Morgan fingerprint density at radius 1 is 1.54 bits per heavy atom. The lowest BCUT2D eigenvalue weighted by Crippen LogP contribution is -2.08. The highest BCUT2D eigenvalue weighted by molar-refractivity contribution is 5.91. The summed E-state index contributed by atoms with van der Waals surface area (Å²) < 4.78 is 4.73. The SMILES string of the molecule is C=C/C(=C\NC)C(=O)OCC.CC. The molecule has 0 aromatic rings. The smallest absolute Gasteiger partial charge is 0.339 e. The van der Waals surface area contributed by atoms with E-state index < -0.39 is 0 Å². The van der Waals surface area contributed by atoms with Crippen molar-refractivity contribution in [2.24, 2.45) is 0 Å². The third-order valence-electron chi connectivity index (χ3n) is 1.03. The molecule has 0 rings (SSSR count). The van der Waals surface area contributed by atoms with Crippen LogP contribution in [0.15, 0.2) is 24.4 Å². The maximum absolute atomic E-state index is 11.0. The second kappa shape index (κ2) is 10.8. The molecule has 1 N–H and O–H groups in total. The monoisotopic (exact) mass is 185 g/mol. The molecule has 0 heterocycles. The highest BCUT2D eigenvalue weighted by atomic mass is 16.5. The number of hydrogen-bond donors (Lipinski definition) is 1. The Labute approximate surface area is 80.5 Å². The fraction of sp³-hybridized carbons (Fsp3) is 0.500. The van der Waals surface area contributed by atoms with Gasteiger partial charge in [0, 0.05) is 13.2 Å². The molecule has 0 aromatic heterocycles. The summed E-state index contributed by atoms with van der Waals surface area (Å²) in [6, 6.07) is 0. The number of rotatable bonds is 4. The molecule has 3 nitrogen and oxygen atoms in total. The van der Waals surface area contributed by atoms with Gasteiger partial charge >= 0.3 is 5.97 Å². The van der Waals surface area contributed by atoms with Crippen molar-refractivity contribution in [3.05, 3.63) is 24.4 Å². The van der Waals surface area contributed by atoms with Crippen molar-refractivity contribution in [3.63, 3.8) is 0 Å². The molecular weight excluding hydrogens is 166 g/mol. The Kier molecular flexibility index (Phi) is 11.8. The molecule has 0 unspecified atom stereocenters. The van der Waals surface area contributed by atoms with E-state index in [2.05, 4.69) is 11.9 Å². The predicted molar refractivity (Wildman–Crippen MR) is 55.3 cm³/mol. The molecular formula is C10H19NO2. The molecule has 0 aliphatic carbocycles. The van der Waals surface area contributed by atoms with E-state index in [4.69, 9.17) is 4.74 Å². The summed E-state index contributed by atoms with van der Waals surface area (Å²) in [5.74, 6) is -0.350. The van der Waals surface area contributed by atoms with Crippen LogP contribution >= 0.6 is 0 Å². The van der Waals surface area contributed by atoms with Gasteiger partial charge in [0.1, 0.15) is 0 Å². The molecule has 0 radical (unpaired) electrons. The van der Waals surface area contributed by atoms with E-state index in [0.29, 0.717) is 12.2 Å². The summed E-state index contributed by atoms with van der Waals surface area (Å²) in [5, 5.41) is 2.72. The van der Waals surface area contributed by atoms with Crippen LogP contribution in [0.5, 0.6) is 0 Å². The summed E-state index contributed by atoms with van der Waals surface area (Å²) in [7, 11) is 1.71. The van der Waals surface area contributed by atoms with Crippen LogP contribution < -0.4 is 5.32 Å². The lowest BCUT2D eigenvalue weighted by Gasteiger charge is -2.00. The summed E-state index contributed by atoms with van der Waals surface area (Å²) in [5.41, 5.74) is 0.439. The minimum absolute atomic E-state index is 0.350. The number of esters is 1. The van der Waals surface area contributed by atoms with Crippen LogP contribution in [0.4, 0.5) is 0 Å². The maximum Gasteiger partial charge on any atom is 0.339 e. The summed E-state index contributed by atoms with van der Waals surface area (Å²) in [4.78, 5) is 11.0. The lowest BCUT2D eigenvalue weighted by molar-refractivity contribution is -0.138. The van der Waals surface area contributed by atoms with E-state index in [1.54, 1.807) is 20.2 Å². The molecule has 3 heteroatoms.